The number of fused-ring (bicyclic) bond motifs is 4. The third-order valence-corrected chi connectivity index (χ3v) is 9.05. The van der Waals surface area contributed by atoms with Crippen LogP contribution >= 0.6 is 0 Å². The largest absolute Gasteiger partial charge is 0.494 e. The average molecular weight is 606 g/mol. The average Bonchev–Trinajstić information content (AvgIpc) is 3.36. The minimum atomic E-state index is 0.0838. The molecular weight excluding hydrogens is 558 g/mol. The van der Waals surface area contributed by atoms with Gasteiger partial charge in [0.2, 0.25) is 0 Å². The summed E-state index contributed by atoms with van der Waals surface area (Å²) in [6, 6.07) is 35.4. The number of hydrogen-bond acceptors (Lipinski definition) is 1. The molecule has 0 saturated carbocycles. The smallest absolute Gasteiger partial charge is 0.119 e. The lowest BCUT2D eigenvalue weighted by atomic mass is 9.85. The van der Waals surface area contributed by atoms with E-state index in [-0.39, 0.29) is 10.8 Å². The molecule has 0 aliphatic carbocycles. The molecule has 0 radical (unpaired) electrons. The Kier molecular flexibility index (Phi) is 8.71. The van der Waals surface area contributed by atoms with Gasteiger partial charge >= 0.3 is 0 Å². The predicted octanol–water partition coefficient (Wildman–Crippen LogP) is 11.9. The van der Waals surface area contributed by atoms with Crippen LogP contribution in [0, 0.1) is 11.8 Å². The van der Waals surface area contributed by atoms with Gasteiger partial charge in [-0.25, -0.2) is 0 Å². The van der Waals surface area contributed by atoms with Crippen LogP contribution in [0.5, 0.6) is 5.75 Å². The molecular formula is C44H47NO. The zero-order valence-corrected chi connectivity index (χ0v) is 28.6. The fraction of sp³-hybridized carbons (Fsp3) is 0.318. The summed E-state index contributed by atoms with van der Waals surface area (Å²) >= 11 is 0. The highest BCUT2D eigenvalue weighted by molar-refractivity contribution is 6.09. The van der Waals surface area contributed by atoms with Crippen molar-refractivity contribution < 1.29 is 4.74 Å². The standard InChI is InChI=1S/C44H47NO/c1-8-9-10-11-26-46-38-23-18-33-27-32(14-17-34(33)28-38)13-12-31-15-21-37(22-16-31)45-41-24-19-35(43(2,3)4)29-39(41)40-30-36(44(5,6)7)20-25-42(40)45/h14-25,27-30H,8-11,26H2,1-7H3. The van der Waals surface area contributed by atoms with E-state index >= 15 is 0 Å². The van der Waals surface area contributed by atoms with E-state index in [9.17, 15) is 0 Å². The molecule has 0 atom stereocenters. The highest BCUT2D eigenvalue weighted by atomic mass is 16.5. The SMILES string of the molecule is CCCCCCOc1ccc2cc(C#Cc3ccc(-n4c5ccc(C(C)(C)C)cc5c5cc(C(C)(C)C)ccc54)cc3)ccc2c1. The van der Waals surface area contributed by atoms with Crippen molar-refractivity contribution in [1.82, 2.24) is 4.57 Å². The van der Waals surface area contributed by atoms with Gasteiger partial charge in [0.05, 0.1) is 17.6 Å². The first-order chi connectivity index (χ1) is 22.0. The summed E-state index contributed by atoms with van der Waals surface area (Å²) in [5.41, 5.74) is 8.49. The molecule has 234 valence electrons. The first kappa shape index (κ1) is 31.5. The Balaban J connectivity index is 1.28. The molecule has 0 aliphatic rings. The molecule has 0 unspecified atom stereocenters. The number of aromatic nitrogens is 1. The van der Waals surface area contributed by atoms with Crippen LogP contribution in [0.15, 0.2) is 97.1 Å². The van der Waals surface area contributed by atoms with Crippen molar-refractivity contribution >= 4 is 32.6 Å². The summed E-state index contributed by atoms with van der Waals surface area (Å²) < 4.78 is 8.38. The van der Waals surface area contributed by atoms with Crippen LogP contribution in [-0.4, -0.2) is 11.2 Å². The Labute approximate surface area is 275 Å². The molecule has 0 aliphatic heterocycles. The Morgan fingerprint density at radius 3 is 1.74 bits per heavy atom. The third kappa shape index (κ3) is 6.70. The van der Waals surface area contributed by atoms with Gasteiger partial charge in [0, 0.05) is 27.6 Å². The molecule has 46 heavy (non-hydrogen) atoms. The molecule has 2 nitrogen and oxygen atoms in total. The fourth-order valence-electron chi connectivity index (χ4n) is 6.18. The predicted molar refractivity (Wildman–Crippen MR) is 198 cm³/mol. The molecule has 0 amide bonds. The van der Waals surface area contributed by atoms with E-state index < -0.39 is 0 Å². The lowest BCUT2D eigenvalue weighted by Gasteiger charge is -2.19. The maximum Gasteiger partial charge on any atom is 0.119 e. The van der Waals surface area contributed by atoms with E-state index in [2.05, 4.69) is 162 Å². The monoisotopic (exact) mass is 605 g/mol. The lowest BCUT2D eigenvalue weighted by molar-refractivity contribution is 0.305. The minimum Gasteiger partial charge on any atom is -0.494 e. The molecule has 0 fully saturated rings. The van der Waals surface area contributed by atoms with Gasteiger partial charge in [-0.05, 0) is 112 Å². The highest BCUT2D eigenvalue weighted by Crippen LogP contribution is 2.37. The Bertz CT molecular complexity index is 2000. The van der Waals surface area contributed by atoms with Crippen molar-refractivity contribution in [3.8, 4) is 23.3 Å². The molecule has 0 N–H and O–H groups in total. The minimum absolute atomic E-state index is 0.0838. The summed E-state index contributed by atoms with van der Waals surface area (Å²) in [4.78, 5) is 0. The van der Waals surface area contributed by atoms with Crippen LogP contribution in [0.25, 0.3) is 38.3 Å². The van der Waals surface area contributed by atoms with E-state index in [4.69, 9.17) is 4.74 Å². The van der Waals surface area contributed by atoms with Crippen LogP contribution in [0.3, 0.4) is 0 Å². The Morgan fingerprint density at radius 1 is 0.565 bits per heavy atom. The van der Waals surface area contributed by atoms with Gasteiger partial charge in [0.1, 0.15) is 5.75 Å². The summed E-state index contributed by atoms with van der Waals surface area (Å²) in [7, 11) is 0. The van der Waals surface area contributed by atoms with Gasteiger partial charge in [0.15, 0.2) is 0 Å². The molecule has 0 bridgehead atoms. The van der Waals surface area contributed by atoms with Crippen molar-refractivity contribution in [2.24, 2.45) is 0 Å². The van der Waals surface area contributed by atoms with Gasteiger partial charge in [-0.3, -0.25) is 0 Å². The topological polar surface area (TPSA) is 14.2 Å². The van der Waals surface area contributed by atoms with Gasteiger partial charge in [-0.2, -0.15) is 0 Å². The molecule has 0 spiro atoms. The molecule has 1 heterocycles. The van der Waals surface area contributed by atoms with Crippen LogP contribution in [0.4, 0.5) is 0 Å². The number of rotatable bonds is 7. The van der Waals surface area contributed by atoms with E-state index in [1.165, 1.54) is 63.0 Å². The zero-order chi connectivity index (χ0) is 32.5. The van der Waals surface area contributed by atoms with E-state index in [0.717, 1.165) is 35.6 Å². The van der Waals surface area contributed by atoms with Gasteiger partial charge in [0.25, 0.3) is 0 Å². The second kappa shape index (κ2) is 12.7. The van der Waals surface area contributed by atoms with Crippen molar-refractivity contribution in [1.29, 1.82) is 0 Å². The Morgan fingerprint density at radius 2 is 1.13 bits per heavy atom. The fourth-order valence-corrected chi connectivity index (χ4v) is 6.18. The first-order valence-electron chi connectivity index (χ1n) is 16.9. The van der Waals surface area contributed by atoms with Crippen LogP contribution in [-0.2, 0) is 10.8 Å². The van der Waals surface area contributed by atoms with Crippen molar-refractivity contribution in [3.63, 3.8) is 0 Å². The molecule has 1 aromatic heterocycles. The zero-order valence-electron chi connectivity index (χ0n) is 28.6. The summed E-state index contributed by atoms with van der Waals surface area (Å²) in [5.74, 6) is 7.72. The third-order valence-electron chi connectivity index (χ3n) is 9.05. The summed E-state index contributed by atoms with van der Waals surface area (Å²) in [6.07, 6.45) is 4.85. The number of hydrogen-bond donors (Lipinski definition) is 0. The molecule has 5 aromatic carbocycles. The maximum absolute atomic E-state index is 5.99. The van der Waals surface area contributed by atoms with E-state index in [1.807, 2.05) is 0 Å². The van der Waals surface area contributed by atoms with Gasteiger partial charge < -0.3 is 9.30 Å². The normalized spacial score (nSPS) is 12.1. The van der Waals surface area contributed by atoms with Crippen LogP contribution in [0.1, 0.15) is 96.4 Å². The van der Waals surface area contributed by atoms with Crippen LogP contribution < -0.4 is 4.74 Å². The van der Waals surface area contributed by atoms with E-state index in [0.29, 0.717) is 0 Å². The number of nitrogens with zero attached hydrogens (tertiary/aromatic N) is 1. The van der Waals surface area contributed by atoms with Gasteiger partial charge in [-0.1, -0.05) is 104 Å². The molecule has 0 saturated heterocycles. The number of unbranched alkanes of at least 4 members (excludes halogenated alkanes) is 3. The van der Waals surface area contributed by atoms with Crippen LogP contribution in [0.2, 0.25) is 0 Å². The second-order valence-corrected chi connectivity index (χ2v) is 14.7. The molecule has 6 rings (SSSR count). The molecule has 2 heteroatoms. The van der Waals surface area contributed by atoms with Gasteiger partial charge in [-0.15, -0.1) is 0 Å². The van der Waals surface area contributed by atoms with E-state index in [1.54, 1.807) is 0 Å². The lowest BCUT2D eigenvalue weighted by Crippen LogP contribution is -2.10. The number of ether oxygens (including phenoxy) is 1. The van der Waals surface area contributed by atoms with Crippen molar-refractivity contribution in [3.05, 3.63) is 119 Å². The molecule has 6 aromatic rings. The first-order valence-corrected chi connectivity index (χ1v) is 16.9. The van der Waals surface area contributed by atoms with Crippen molar-refractivity contribution in [2.75, 3.05) is 6.61 Å². The number of benzene rings is 5. The second-order valence-electron chi connectivity index (χ2n) is 14.7. The van der Waals surface area contributed by atoms with Crippen molar-refractivity contribution in [2.45, 2.75) is 85.0 Å². The summed E-state index contributed by atoms with van der Waals surface area (Å²) in [5, 5.41) is 4.96. The Hall–Kier alpha value is -4.48. The highest BCUT2D eigenvalue weighted by Gasteiger charge is 2.20. The summed E-state index contributed by atoms with van der Waals surface area (Å²) in [6.45, 7) is 16.7. The quantitative estimate of drug-likeness (QED) is 0.130. The maximum atomic E-state index is 5.99.